The van der Waals surface area contributed by atoms with E-state index in [2.05, 4.69) is 27.2 Å². The van der Waals surface area contributed by atoms with Crippen LogP contribution in [0.5, 0.6) is 0 Å². The Kier molecular flexibility index (Phi) is 4.98. The number of nitrogens with one attached hydrogen (secondary N) is 1. The monoisotopic (exact) mass is 283 g/mol. The van der Waals surface area contributed by atoms with E-state index in [1.54, 1.807) is 12.1 Å². The van der Waals surface area contributed by atoms with Crippen molar-refractivity contribution in [1.82, 2.24) is 5.32 Å². The van der Waals surface area contributed by atoms with Gasteiger partial charge in [-0.1, -0.05) is 15.9 Å². The fourth-order valence-electron chi connectivity index (χ4n) is 1.60. The Morgan fingerprint density at radius 2 is 2.19 bits per heavy atom. The fraction of sp³-hybridized carbons (Fsp3) is 0.385. The van der Waals surface area contributed by atoms with Crippen LogP contribution in [0.25, 0.3) is 0 Å². The van der Waals surface area contributed by atoms with Crippen molar-refractivity contribution in [3.05, 3.63) is 34.1 Å². The summed E-state index contributed by atoms with van der Waals surface area (Å²) < 4.78 is 14.4. The van der Waals surface area contributed by atoms with Crippen molar-refractivity contribution in [1.29, 1.82) is 0 Å². The van der Waals surface area contributed by atoms with Crippen molar-refractivity contribution in [3.63, 3.8) is 0 Å². The predicted octanol–water partition coefficient (Wildman–Crippen LogP) is 3.65. The van der Waals surface area contributed by atoms with Crippen molar-refractivity contribution < 1.29 is 4.39 Å². The second kappa shape index (κ2) is 6.03. The first-order valence-electron chi connectivity index (χ1n) is 5.19. The van der Waals surface area contributed by atoms with Crippen LogP contribution in [0, 0.1) is 18.2 Å². The van der Waals surface area contributed by atoms with E-state index in [9.17, 15) is 4.39 Å². The van der Waals surface area contributed by atoms with Crippen LogP contribution in [0.15, 0.2) is 22.7 Å². The van der Waals surface area contributed by atoms with Gasteiger partial charge in [0, 0.05) is 28.5 Å². The summed E-state index contributed by atoms with van der Waals surface area (Å²) in [7, 11) is 0. The van der Waals surface area contributed by atoms with Crippen LogP contribution in [0.4, 0.5) is 4.39 Å². The quantitative estimate of drug-likeness (QED) is 0.832. The SMILES string of the molecule is C#CCC(C)NC(C)c1cc(Br)ccc1F. The summed E-state index contributed by atoms with van der Waals surface area (Å²) in [6, 6.07) is 5.06. The summed E-state index contributed by atoms with van der Waals surface area (Å²) in [5.41, 5.74) is 0.651. The molecule has 1 aromatic rings. The lowest BCUT2D eigenvalue weighted by molar-refractivity contribution is 0.468. The van der Waals surface area contributed by atoms with Gasteiger partial charge in [-0.05, 0) is 32.0 Å². The molecule has 3 heteroatoms. The first-order valence-corrected chi connectivity index (χ1v) is 5.98. The molecule has 86 valence electrons. The van der Waals surface area contributed by atoms with Crippen molar-refractivity contribution in [2.24, 2.45) is 0 Å². The van der Waals surface area contributed by atoms with Gasteiger partial charge in [0.25, 0.3) is 0 Å². The summed E-state index contributed by atoms with van der Waals surface area (Å²) in [6.07, 6.45) is 5.87. The zero-order valence-corrected chi connectivity index (χ0v) is 11.0. The van der Waals surface area contributed by atoms with Crippen LogP contribution in [-0.4, -0.2) is 6.04 Å². The highest BCUT2D eigenvalue weighted by Gasteiger charge is 2.13. The molecule has 0 fully saturated rings. The van der Waals surface area contributed by atoms with Gasteiger partial charge in [0.2, 0.25) is 0 Å². The van der Waals surface area contributed by atoms with Crippen LogP contribution in [0.2, 0.25) is 0 Å². The zero-order chi connectivity index (χ0) is 12.1. The molecule has 2 unspecified atom stereocenters. The Bertz CT molecular complexity index is 397. The van der Waals surface area contributed by atoms with Gasteiger partial charge < -0.3 is 5.32 Å². The maximum absolute atomic E-state index is 13.6. The number of halogens is 2. The summed E-state index contributed by atoms with van der Waals surface area (Å²) >= 11 is 3.33. The number of hydrogen-bond donors (Lipinski definition) is 1. The summed E-state index contributed by atoms with van der Waals surface area (Å²) in [5, 5.41) is 3.26. The molecule has 0 spiro atoms. The molecule has 0 aliphatic carbocycles. The van der Waals surface area contributed by atoms with E-state index in [0.29, 0.717) is 12.0 Å². The molecular formula is C13H15BrFN. The summed E-state index contributed by atoms with van der Waals surface area (Å²) in [5.74, 6) is 2.39. The van der Waals surface area contributed by atoms with Crippen molar-refractivity contribution in [2.45, 2.75) is 32.4 Å². The maximum atomic E-state index is 13.6. The Labute approximate surface area is 105 Å². The standard InChI is InChI=1S/C13H15BrFN/c1-4-5-9(2)16-10(3)12-8-11(14)6-7-13(12)15/h1,6-10,16H,5H2,2-3H3. The van der Waals surface area contributed by atoms with E-state index in [1.807, 2.05) is 13.8 Å². The van der Waals surface area contributed by atoms with E-state index < -0.39 is 0 Å². The largest absolute Gasteiger partial charge is 0.307 e. The number of terminal acetylenes is 1. The van der Waals surface area contributed by atoms with Crippen LogP contribution in [0.1, 0.15) is 31.9 Å². The third kappa shape index (κ3) is 3.62. The smallest absolute Gasteiger partial charge is 0.128 e. The molecule has 0 saturated heterocycles. The van der Waals surface area contributed by atoms with Gasteiger partial charge >= 0.3 is 0 Å². The molecule has 0 saturated carbocycles. The minimum absolute atomic E-state index is 0.0548. The summed E-state index contributed by atoms with van der Waals surface area (Å²) in [6.45, 7) is 3.92. The van der Waals surface area contributed by atoms with Crippen LogP contribution >= 0.6 is 15.9 Å². The van der Waals surface area contributed by atoms with Crippen LogP contribution < -0.4 is 5.32 Å². The van der Waals surface area contributed by atoms with Gasteiger partial charge in [-0.15, -0.1) is 12.3 Å². The maximum Gasteiger partial charge on any atom is 0.128 e. The molecule has 1 rings (SSSR count). The lowest BCUT2D eigenvalue weighted by Gasteiger charge is -2.19. The molecule has 0 heterocycles. The molecule has 0 aliphatic rings. The van der Waals surface area contributed by atoms with Gasteiger partial charge in [0.1, 0.15) is 5.82 Å². The molecule has 16 heavy (non-hydrogen) atoms. The third-order valence-electron chi connectivity index (χ3n) is 2.38. The van der Waals surface area contributed by atoms with Gasteiger partial charge in [-0.3, -0.25) is 0 Å². The average Bonchev–Trinajstić information content (AvgIpc) is 2.21. The Balaban J connectivity index is 2.76. The minimum atomic E-state index is -0.198. The second-order valence-electron chi connectivity index (χ2n) is 3.86. The molecule has 0 radical (unpaired) electrons. The van der Waals surface area contributed by atoms with Crippen LogP contribution in [0.3, 0.4) is 0 Å². The van der Waals surface area contributed by atoms with Crippen molar-refractivity contribution >= 4 is 15.9 Å². The molecule has 0 aromatic heterocycles. The number of rotatable bonds is 4. The highest BCUT2D eigenvalue weighted by Crippen LogP contribution is 2.22. The van der Waals surface area contributed by atoms with Crippen molar-refractivity contribution in [3.8, 4) is 12.3 Å². The highest BCUT2D eigenvalue weighted by molar-refractivity contribution is 9.10. The Morgan fingerprint density at radius 1 is 1.50 bits per heavy atom. The first-order chi connectivity index (χ1) is 7.54. The highest BCUT2D eigenvalue weighted by atomic mass is 79.9. The van der Waals surface area contributed by atoms with E-state index in [0.717, 1.165) is 4.47 Å². The molecule has 1 aromatic carbocycles. The topological polar surface area (TPSA) is 12.0 Å². The fourth-order valence-corrected chi connectivity index (χ4v) is 1.98. The normalized spacial score (nSPS) is 14.2. The molecule has 2 atom stereocenters. The molecule has 0 bridgehead atoms. The lowest BCUT2D eigenvalue weighted by atomic mass is 10.1. The number of benzene rings is 1. The van der Waals surface area contributed by atoms with Gasteiger partial charge in [-0.2, -0.15) is 0 Å². The Hall–Kier alpha value is -0.850. The minimum Gasteiger partial charge on any atom is -0.307 e. The zero-order valence-electron chi connectivity index (χ0n) is 9.43. The molecule has 0 aliphatic heterocycles. The van der Waals surface area contributed by atoms with E-state index in [-0.39, 0.29) is 17.9 Å². The second-order valence-corrected chi connectivity index (χ2v) is 4.78. The van der Waals surface area contributed by atoms with E-state index >= 15 is 0 Å². The third-order valence-corrected chi connectivity index (χ3v) is 2.88. The average molecular weight is 284 g/mol. The number of hydrogen-bond acceptors (Lipinski definition) is 1. The molecule has 1 nitrogen and oxygen atoms in total. The molecular weight excluding hydrogens is 269 g/mol. The van der Waals surface area contributed by atoms with Gasteiger partial charge in [-0.25, -0.2) is 4.39 Å². The van der Waals surface area contributed by atoms with E-state index in [1.165, 1.54) is 6.07 Å². The Morgan fingerprint density at radius 3 is 2.81 bits per heavy atom. The molecule has 1 N–H and O–H groups in total. The lowest BCUT2D eigenvalue weighted by Crippen LogP contribution is -2.29. The van der Waals surface area contributed by atoms with Gasteiger partial charge in [0.15, 0.2) is 0 Å². The van der Waals surface area contributed by atoms with Crippen molar-refractivity contribution in [2.75, 3.05) is 0 Å². The van der Waals surface area contributed by atoms with Crippen LogP contribution in [-0.2, 0) is 0 Å². The van der Waals surface area contributed by atoms with E-state index in [4.69, 9.17) is 6.42 Å². The predicted molar refractivity (Wildman–Crippen MR) is 68.6 cm³/mol. The first kappa shape index (κ1) is 13.2. The molecule has 0 amide bonds. The summed E-state index contributed by atoms with van der Waals surface area (Å²) in [4.78, 5) is 0. The van der Waals surface area contributed by atoms with Gasteiger partial charge in [0.05, 0.1) is 0 Å².